The molecule has 0 saturated heterocycles. The highest BCUT2D eigenvalue weighted by molar-refractivity contribution is 5.89. The van der Waals surface area contributed by atoms with Gasteiger partial charge in [-0.05, 0) is 71.2 Å². The van der Waals surface area contributed by atoms with Crippen molar-refractivity contribution in [3.63, 3.8) is 0 Å². The molecular formula is C44H62O6. The van der Waals surface area contributed by atoms with Gasteiger partial charge in [-0.25, -0.2) is 0 Å². The molecule has 6 nitrogen and oxygen atoms in total. The van der Waals surface area contributed by atoms with Crippen LogP contribution in [0.15, 0.2) is 36.4 Å². The lowest BCUT2D eigenvalue weighted by molar-refractivity contribution is 0.111. The van der Waals surface area contributed by atoms with Crippen LogP contribution >= 0.6 is 0 Å². The lowest BCUT2D eigenvalue weighted by Crippen LogP contribution is -2.13. The van der Waals surface area contributed by atoms with Crippen LogP contribution in [0, 0.1) is 0 Å². The number of hydrogen-bond donors (Lipinski definition) is 2. The van der Waals surface area contributed by atoms with Gasteiger partial charge in [-0.1, -0.05) is 120 Å². The second kappa shape index (κ2) is 19.0. The van der Waals surface area contributed by atoms with Crippen molar-refractivity contribution in [1.29, 1.82) is 0 Å². The van der Waals surface area contributed by atoms with Gasteiger partial charge in [0.15, 0.2) is 12.6 Å². The summed E-state index contributed by atoms with van der Waals surface area (Å²) in [6.45, 7) is 17.5. The van der Waals surface area contributed by atoms with E-state index in [-0.39, 0.29) is 22.6 Å². The van der Waals surface area contributed by atoms with Gasteiger partial charge in [-0.2, -0.15) is 0 Å². The maximum Gasteiger partial charge on any atom is 0.153 e. The molecule has 274 valence electrons. The minimum absolute atomic E-state index is 0.0119. The molecule has 6 heteroatoms. The van der Waals surface area contributed by atoms with Gasteiger partial charge in [0, 0.05) is 22.3 Å². The summed E-state index contributed by atoms with van der Waals surface area (Å²) in [6.07, 6.45) is 14.9. The first kappa shape index (κ1) is 40.6. The maximum absolute atomic E-state index is 12.2. The third kappa shape index (κ3) is 11.1. The highest BCUT2D eigenvalue weighted by Gasteiger charge is 2.26. The fourth-order valence-electron chi connectivity index (χ4n) is 6.33. The van der Waals surface area contributed by atoms with Crippen molar-refractivity contribution >= 4 is 12.6 Å². The number of carbonyl (C=O) groups excluding carboxylic acids is 2. The second-order valence-electron chi connectivity index (χ2n) is 15.7. The molecule has 0 amide bonds. The van der Waals surface area contributed by atoms with Gasteiger partial charge in [-0.3, -0.25) is 9.59 Å². The SMILES string of the molecule is CCCCCCCCOc1cc(-c2cc(C=O)c(O)c(C(C)(C)C)c2)c(OCCCCCCCC)cc1-c1cc(C=O)c(O)c(C(C)(C)C)c1. The Morgan fingerprint density at radius 1 is 0.520 bits per heavy atom. The summed E-state index contributed by atoms with van der Waals surface area (Å²) >= 11 is 0. The summed E-state index contributed by atoms with van der Waals surface area (Å²) in [5.74, 6) is 1.23. The highest BCUT2D eigenvalue weighted by atomic mass is 16.5. The Labute approximate surface area is 301 Å². The number of rotatable bonds is 20. The van der Waals surface area contributed by atoms with E-state index in [0.29, 0.717) is 48.4 Å². The summed E-state index contributed by atoms with van der Waals surface area (Å²) in [5, 5.41) is 22.0. The first-order chi connectivity index (χ1) is 23.8. The molecule has 0 bridgehead atoms. The first-order valence-electron chi connectivity index (χ1n) is 18.9. The van der Waals surface area contributed by atoms with Crippen molar-refractivity contribution in [2.24, 2.45) is 0 Å². The minimum Gasteiger partial charge on any atom is -0.507 e. The molecule has 0 radical (unpaired) electrons. The van der Waals surface area contributed by atoms with Gasteiger partial charge < -0.3 is 19.7 Å². The number of aromatic hydroxyl groups is 2. The largest absolute Gasteiger partial charge is 0.507 e. The Kier molecular flexibility index (Phi) is 15.4. The number of unbranched alkanes of at least 4 members (excludes halogenated alkanes) is 10. The molecule has 0 heterocycles. The van der Waals surface area contributed by atoms with Gasteiger partial charge in [0.05, 0.1) is 24.3 Å². The zero-order valence-corrected chi connectivity index (χ0v) is 32.0. The zero-order chi connectivity index (χ0) is 36.9. The predicted octanol–water partition coefficient (Wildman–Crippen LogP) is 12.1. The topological polar surface area (TPSA) is 93.1 Å². The molecule has 0 saturated carbocycles. The second-order valence-corrected chi connectivity index (χ2v) is 15.7. The predicted molar refractivity (Wildman–Crippen MR) is 207 cm³/mol. The average Bonchev–Trinajstić information content (AvgIpc) is 3.06. The lowest BCUT2D eigenvalue weighted by atomic mass is 9.82. The lowest BCUT2D eigenvalue weighted by Gasteiger charge is -2.25. The van der Waals surface area contributed by atoms with Crippen LogP contribution in [0.25, 0.3) is 22.3 Å². The monoisotopic (exact) mass is 686 g/mol. The summed E-state index contributed by atoms with van der Waals surface area (Å²) in [5.41, 5.74) is 3.95. The van der Waals surface area contributed by atoms with E-state index in [1.54, 1.807) is 12.1 Å². The van der Waals surface area contributed by atoms with Gasteiger partial charge in [-0.15, -0.1) is 0 Å². The Morgan fingerprint density at radius 3 is 1.18 bits per heavy atom. The summed E-state index contributed by atoms with van der Waals surface area (Å²) in [4.78, 5) is 24.4. The number of hydrogen-bond acceptors (Lipinski definition) is 6. The number of carbonyl (C=O) groups is 2. The normalized spacial score (nSPS) is 11.8. The van der Waals surface area contributed by atoms with Gasteiger partial charge >= 0.3 is 0 Å². The van der Waals surface area contributed by atoms with Crippen molar-refractivity contribution in [1.82, 2.24) is 0 Å². The third-order valence-corrected chi connectivity index (χ3v) is 9.36. The zero-order valence-electron chi connectivity index (χ0n) is 32.0. The van der Waals surface area contributed by atoms with Crippen molar-refractivity contribution in [3.05, 3.63) is 58.7 Å². The quantitative estimate of drug-likeness (QED) is 0.0907. The van der Waals surface area contributed by atoms with Crippen LogP contribution in [0.5, 0.6) is 23.0 Å². The van der Waals surface area contributed by atoms with E-state index in [4.69, 9.17) is 9.47 Å². The number of benzene rings is 3. The van der Waals surface area contributed by atoms with Crippen LogP contribution < -0.4 is 9.47 Å². The molecule has 3 rings (SSSR count). The molecule has 3 aromatic carbocycles. The van der Waals surface area contributed by atoms with Crippen molar-refractivity contribution in [3.8, 4) is 45.3 Å². The summed E-state index contributed by atoms with van der Waals surface area (Å²) in [7, 11) is 0. The molecule has 0 aliphatic heterocycles. The Bertz CT molecular complexity index is 1440. The minimum atomic E-state index is -0.422. The van der Waals surface area contributed by atoms with E-state index in [0.717, 1.165) is 60.8 Å². The number of aldehydes is 2. The van der Waals surface area contributed by atoms with Crippen molar-refractivity contribution in [2.75, 3.05) is 13.2 Å². The fraction of sp³-hybridized carbons (Fsp3) is 0.545. The fourth-order valence-corrected chi connectivity index (χ4v) is 6.33. The molecular weight excluding hydrogens is 624 g/mol. The Morgan fingerprint density at radius 2 is 0.860 bits per heavy atom. The van der Waals surface area contributed by atoms with Crippen LogP contribution in [0.4, 0.5) is 0 Å². The van der Waals surface area contributed by atoms with E-state index >= 15 is 0 Å². The standard InChI is InChI=1S/C44H62O6/c1-9-11-13-15-17-19-21-49-39-27-36(32-24-34(30-46)42(48)38(26-32)44(6,7)8)40(50-22-20-18-16-14-12-10-2)28-35(39)31-23-33(29-45)41(47)37(25-31)43(3,4)5/h23-30,47-48H,9-22H2,1-8H3. The third-order valence-electron chi connectivity index (χ3n) is 9.36. The Hall–Kier alpha value is -3.80. The van der Waals surface area contributed by atoms with Gasteiger partial charge in [0.25, 0.3) is 0 Å². The van der Waals surface area contributed by atoms with Crippen molar-refractivity contribution < 1.29 is 29.3 Å². The smallest absolute Gasteiger partial charge is 0.153 e. The molecule has 2 N–H and O–H groups in total. The van der Waals surface area contributed by atoms with Gasteiger partial charge in [0.2, 0.25) is 0 Å². The van der Waals surface area contributed by atoms with E-state index in [2.05, 4.69) is 13.8 Å². The van der Waals surface area contributed by atoms with Crippen LogP contribution in [0.1, 0.15) is 164 Å². The van der Waals surface area contributed by atoms with Crippen LogP contribution in [0.2, 0.25) is 0 Å². The van der Waals surface area contributed by atoms with Crippen LogP contribution in [0.3, 0.4) is 0 Å². The van der Waals surface area contributed by atoms with E-state index in [9.17, 15) is 19.8 Å². The molecule has 0 unspecified atom stereocenters. The molecule has 0 fully saturated rings. The molecule has 0 aromatic heterocycles. The van der Waals surface area contributed by atoms with E-state index in [1.165, 1.54) is 38.5 Å². The average molecular weight is 687 g/mol. The first-order valence-corrected chi connectivity index (χ1v) is 18.9. The number of phenols is 2. The van der Waals surface area contributed by atoms with Crippen LogP contribution in [-0.2, 0) is 10.8 Å². The molecule has 3 aromatic rings. The van der Waals surface area contributed by atoms with Crippen LogP contribution in [-0.4, -0.2) is 36.0 Å². The molecule has 50 heavy (non-hydrogen) atoms. The number of ether oxygens (including phenoxy) is 2. The molecule has 0 aliphatic rings. The molecule has 0 spiro atoms. The summed E-state index contributed by atoms with van der Waals surface area (Å²) < 4.78 is 13.2. The van der Waals surface area contributed by atoms with E-state index in [1.807, 2.05) is 65.8 Å². The van der Waals surface area contributed by atoms with Crippen molar-refractivity contribution in [2.45, 2.75) is 143 Å². The summed E-state index contributed by atoms with van der Waals surface area (Å²) in [6, 6.07) is 11.3. The van der Waals surface area contributed by atoms with Gasteiger partial charge in [0.1, 0.15) is 23.0 Å². The van der Waals surface area contributed by atoms with E-state index < -0.39 is 10.8 Å². The Balaban J connectivity index is 2.23. The number of phenolic OH excluding ortho intramolecular Hbond substituents is 2. The maximum atomic E-state index is 12.2. The molecule has 0 aliphatic carbocycles. The molecule has 0 atom stereocenters. The highest BCUT2D eigenvalue weighted by Crippen LogP contribution is 2.46.